The Morgan fingerprint density at radius 3 is 2.43 bits per heavy atom. The average molecular weight is 747 g/mol. The summed E-state index contributed by atoms with van der Waals surface area (Å²) in [6.07, 6.45) is 0.433. The van der Waals surface area contributed by atoms with Crippen LogP contribution in [0.1, 0.15) is 69.2 Å². The summed E-state index contributed by atoms with van der Waals surface area (Å²) in [6, 6.07) is 5.77. The van der Waals surface area contributed by atoms with E-state index in [9.17, 15) is 38.7 Å². The second kappa shape index (κ2) is 16.1. The number of aliphatic hydroxyl groups is 1. The van der Waals surface area contributed by atoms with Crippen molar-refractivity contribution >= 4 is 46.4 Å². The predicted octanol–water partition coefficient (Wildman–Crippen LogP) is -0.811. The van der Waals surface area contributed by atoms with Crippen LogP contribution in [0.3, 0.4) is 0 Å². The number of hydrogen-bond donors (Lipinski definition) is 6. The maximum absolute atomic E-state index is 13.8. The number of carbonyl (C=O) groups is 6. The third-order valence-corrected chi connectivity index (χ3v) is 9.81. The number of aromatic nitrogens is 2. The number of esters is 1. The molecule has 0 radical (unpaired) electrons. The van der Waals surface area contributed by atoms with Crippen LogP contribution in [-0.4, -0.2) is 92.8 Å². The van der Waals surface area contributed by atoms with Crippen LogP contribution in [0.25, 0.3) is 22.3 Å². The first-order valence-electron chi connectivity index (χ1n) is 17.9. The molecule has 17 nitrogen and oxygen atoms in total. The molecule has 5 amide bonds. The number of ether oxygens (including phenoxy) is 1. The van der Waals surface area contributed by atoms with Gasteiger partial charge in [0.05, 0.1) is 48.0 Å². The zero-order chi connectivity index (χ0) is 39.5. The lowest BCUT2D eigenvalue weighted by atomic mass is 9.86. The number of hydrogen-bond acceptors (Lipinski definition) is 11. The van der Waals surface area contributed by atoms with Crippen molar-refractivity contribution in [2.75, 3.05) is 19.6 Å². The highest BCUT2D eigenvalue weighted by Crippen LogP contribution is 2.40. The topological polar surface area (TPSA) is 258 Å². The Hall–Kier alpha value is -5.68. The number of amides is 5. The number of rotatable bonds is 15. The summed E-state index contributed by atoms with van der Waals surface area (Å²) in [5.74, 6) is -4.26. The summed E-state index contributed by atoms with van der Waals surface area (Å²) in [7, 11) is 0. The van der Waals surface area contributed by atoms with Crippen LogP contribution in [0.5, 0.6) is 0 Å². The molecule has 2 aromatic heterocycles. The fourth-order valence-electron chi connectivity index (χ4n) is 6.79. The molecular weight excluding hydrogens is 700 g/mol. The molecule has 2 aliphatic heterocycles. The quantitative estimate of drug-likeness (QED) is 0.0820. The van der Waals surface area contributed by atoms with Crippen LogP contribution < -0.4 is 33.0 Å². The monoisotopic (exact) mass is 746 g/mol. The molecule has 1 aromatic carbocycles. The highest BCUT2D eigenvalue weighted by atomic mass is 16.6. The summed E-state index contributed by atoms with van der Waals surface area (Å²) in [6.45, 7) is 6.45. The van der Waals surface area contributed by atoms with Gasteiger partial charge in [0.15, 0.2) is 5.60 Å². The predicted molar refractivity (Wildman–Crippen MR) is 195 cm³/mol. The van der Waals surface area contributed by atoms with E-state index >= 15 is 0 Å². The van der Waals surface area contributed by atoms with Crippen molar-refractivity contribution in [3.8, 4) is 11.4 Å². The van der Waals surface area contributed by atoms with E-state index in [2.05, 4.69) is 16.0 Å². The van der Waals surface area contributed by atoms with Crippen LogP contribution in [0.4, 0.5) is 0 Å². The standard InChI is InChI=1S/C37H46N8O9/c1-5-12-44(30(47)16-40-34(50)27(15-29(39)46)43-33(49)20(4)41-32(48)19(3)38)13-11-21-22-9-7-8-10-26(22)42-31-23(21)17-45-28(31)14-25-24(35(45)51)18-54-36(52)37(25,53)6-2/h7-10,14,19-20,27,53H,5-6,11-13,15-18,38H2,1-4H3,(H2,39,46)(H,40,50)(H,41,48)(H,43,49)/t19-,20-,27-,37-/m0/s1. The van der Waals surface area contributed by atoms with Crippen molar-refractivity contribution in [1.29, 1.82) is 0 Å². The smallest absolute Gasteiger partial charge is 0.343 e. The molecule has 0 saturated carbocycles. The van der Waals surface area contributed by atoms with Gasteiger partial charge in [0.1, 0.15) is 18.7 Å². The Morgan fingerprint density at radius 1 is 1.04 bits per heavy atom. The van der Waals surface area contributed by atoms with E-state index in [4.69, 9.17) is 21.2 Å². The molecule has 4 heterocycles. The van der Waals surface area contributed by atoms with Crippen molar-refractivity contribution in [3.05, 3.63) is 62.9 Å². The van der Waals surface area contributed by atoms with E-state index in [0.717, 1.165) is 16.5 Å². The molecular formula is C37H46N8O9. The first-order chi connectivity index (χ1) is 25.6. The van der Waals surface area contributed by atoms with Gasteiger partial charge in [0.2, 0.25) is 29.5 Å². The number of nitrogens with zero attached hydrogens (tertiary/aromatic N) is 3. The van der Waals surface area contributed by atoms with Gasteiger partial charge in [-0.2, -0.15) is 0 Å². The van der Waals surface area contributed by atoms with E-state index in [1.807, 2.05) is 31.2 Å². The molecule has 0 spiro atoms. The SMILES string of the molecule is CCCN(CCc1c2c(nc3ccccc13)-c1cc3c(c(=O)n1C2)COC(=O)[C@]3(O)CC)C(=O)CNC(=O)[C@H](CC(N)=O)NC(=O)[C@H](C)NC(=O)[C@H](C)N. The molecule has 0 saturated heterocycles. The fraction of sp³-hybridized carbons (Fsp3) is 0.459. The largest absolute Gasteiger partial charge is 0.458 e. The van der Waals surface area contributed by atoms with Crippen LogP contribution in [-0.2, 0) is 58.7 Å². The van der Waals surface area contributed by atoms with Crippen molar-refractivity contribution in [2.45, 2.75) is 90.3 Å². The highest BCUT2D eigenvalue weighted by Gasteiger charge is 2.45. The fourth-order valence-corrected chi connectivity index (χ4v) is 6.79. The van der Waals surface area contributed by atoms with Gasteiger partial charge in [-0.15, -0.1) is 0 Å². The lowest BCUT2D eigenvalue weighted by molar-refractivity contribution is -0.172. The first-order valence-corrected chi connectivity index (χ1v) is 17.9. The van der Waals surface area contributed by atoms with Crippen LogP contribution in [0, 0.1) is 0 Å². The van der Waals surface area contributed by atoms with Crippen molar-refractivity contribution in [2.24, 2.45) is 11.5 Å². The van der Waals surface area contributed by atoms with E-state index in [-0.39, 0.29) is 42.8 Å². The number of fused-ring (bicyclic) bond motifs is 5. The Morgan fingerprint density at radius 2 is 1.76 bits per heavy atom. The molecule has 2 aliphatic rings. The molecule has 3 aromatic rings. The minimum absolute atomic E-state index is 0.0145. The lowest BCUT2D eigenvalue weighted by Gasteiger charge is -2.31. The number of nitrogens with two attached hydrogens (primary N) is 2. The third-order valence-electron chi connectivity index (χ3n) is 9.81. The molecule has 8 N–H and O–H groups in total. The Bertz CT molecular complexity index is 2080. The Labute approximate surface area is 310 Å². The van der Waals surface area contributed by atoms with Gasteiger partial charge in [-0.25, -0.2) is 9.78 Å². The second-order valence-electron chi connectivity index (χ2n) is 13.6. The Balaban J connectivity index is 1.36. The molecule has 4 atom stereocenters. The summed E-state index contributed by atoms with van der Waals surface area (Å²) in [5, 5.41) is 19.4. The molecule has 0 unspecified atom stereocenters. The van der Waals surface area contributed by atoms with Gasteiger partial charge < -0.3 is 46.7 Å². The molecule has 0 aliphatic carbocycles. The van der Waals surface area contributed by atoms with Crippen molar-refractivity contribution in [1.82, 2.24) is 30.4 Å². The molecule has 17 heteroatoms. The zero-order valence-electron chi connectivity index (χ0n) is 30.7. The Kier molecular flexibility index (Phi) is 11.8. The minimum Gasteiger partial charge on any atom is -0.458 e. The molecule has 0 bridgehead atoms. The van der Waals surface area contributed by atoms with Gasteiger partial charge in [0.25, 0.3) is 5.56 Å². The lowest BCUT2D eigenvalue weighted by Crippen LogP contribution is -2.56. The number of benzene rings is 1. The summed E-state index contributed by atoms with van der Waals surface area (Å²) >= 11 is 0. The van der Waals surface area contributed by atoms with Crippen LogP contribution in [0.15, 0.2) is 35.1 Å². The number of primary amides is 1. The normalized spacial score (nSPS) is 17.3. The average Bonchev–Trinajstić information content (AvgIpc) is 3.51. The summed E-state index contributed by atoms with van der Waals surface area (Å²) in [5.41, 5.74) is 12.2. The highest BCUT2D eigenvalue weighted by molar-refractivity contribution is 5.96. The maximum Gasteiger partial charge on any atom is 0.343 e. The zero-order valence-corrected chi connectivity index (χ0v) is 30.7. The van der Waals surface area contributed by atoms with Gasteiger partial charge >= 0.3 is 5.97 Å². The van der Waals surface area contributed by atoms with E-state index in [0.29, 0.717) is 36.3 Å². The van der Waals surface area contributed by atoms with E-state index < -0.39 is 72.2 Å². The summed E-state index contributed by atoms with van der Waals surface area (Å²) in [4.78, 5) is 96.0. The number of pyridine rings is 2. The molecule has 0 fully saturated rings. The number of carbonyl (C=O) groups excluding carboxylic acids is 6. The van der Waals surface area contributed by atoms with E-state index in [1.54, 1.807) is 22.5 Å². The maximum atomic E-state index is 13.8. The molecule has 288 valence electrons. The molecule has 5 rings (SSSR count). The van der Waals surface area contributed by atoms with Crippen molar-refractivity contribution in [3.63, 3.8) is 0 Å². The second-order valence-corrected chi connectivity index (χ2v) is 13.6. The van der Waals surface area contributed by atoms with Gasteiger partial charge in [-0.05, 0) is 50.8 Å². The van der Waals surface area contributed by atoms with Gasteiger partial charge in [0, 0.05) is 29.6 Å². The van der Waals surface area contributed by atoms with Crippen LogP contribution in [0.2, 0.25) is 0 Å². The number of nitrogens with one attached hydrogen (secondary N) is 3. The van der Waals surface area contributed by atoms with Crippen molar-refractivity contribution < 1.29 is 38.6 Å². The van der Waals surface area contributed by atoms with E-state index in [1.165, 1.54) is 13.8 Å². The summed E-state index contributed by atoms with van der Waals surface area (Å²) < 4.78 is 6.76. The first kappa shape index (κ1) is 39.5. The minimum atomic E-state index is -1.97. The third kappa shape index (κ3) is 7.82. The van der Waals surface area contributed by atoms with Crippen LogP contribution >= 0.6 is 0 Å². The number of cyclic esters (lactones) is 1. The number of para-hydroxylation sites is 1. The van der Waals surface area contributed by atoms with Gasteiger partial charge in [-0.3, -0.25) is 28.8 Å². The molecule has 54 heavy (non-hydrogen) atoms. The van der Waals surface area contributed by atoms with Gasteiger partial charge in [-0.1, -0.05) is 32.0 Å².